The largest absolute Gasteiger partial charge is 0.464 e. The number of fused-ring (bicyclic) bond motifs is 1. The highest BCUT2D eigenvalue weighted by molar-refractivity contribution is 5.92. The predicted octanol–water partition coefficient (Wildman–Crippen LogP) is 2.18. The Kier molecular flexibility index (Phi) is 1.86. The van der Waals surface area contributed by atoms with Gasteiger partial charge in [0.25, 0.3) is 0 Å². The quantitative estimate of drug-likeness (QED) is 0.672. The number of hydrogen-bond acceptors (Lipinski definition) is 3. The van der Waals surface area contributed by atoms with E-state index in [0.29, 0.717) is 5.69 Å². The molecule has 2 heterocycles. The molecule has 0 amide bonds. The Bertz CT molecular complexity index is 697. The van der Waals surface area contributed by atoms with Crippen LogP contribution in [-0.4, -0.2) is 9.97 Å². The average molecular weight is 212 g/mol. The summed E-state index contributed by atoms with van der Waals surface area (Å²) in [6.07, 6.45) is 3.12. The molecule has 0 atom stereocenters. The SMILES string of the molecule is O=c1nccc(-c2coc3ccccc23)[nH]1. The van der Waals surface area contributed by atoms with Crippen molar-refractivity contribution in [3.05, 3.63) is 53.3 Å². The van der Waals surface area contributed by atoms with E-state index in [4.69, 9.17) is 4.42 Å². The maximum Gasteiger partial charge on any atom is 0.345 e. The Morgan fingerprint density at radius 2 is 2.06 bits per heavy atom. The van der Waals surface area contributed by atoms with Gasteiger partial charge in [0.15, 0.2) is 0 Å². The third-order valence-electron chi connectivity index (χ3n) is 2.45. The van der Waals surface area contributed by atoms with E-state index < -0.39 is 0 Å². The summed E-state index contributed by atoms with van der Waals surface area (Å²) in [4.78, 5) is 17.4. The van der Waals surface area contributed by atoms with Gasteiger partial charge in [-0.2, -0.15) is 0 Å². The Morgan fingerprint density at radius 1 is 1.19 bits per heavy atom. The molecule has 4 nitrogen and oxygen atoms in total. The van der Waals surface area contributed by atoms with E-state index in [1.807, 2.05) is 24.3 Å². The van der Waals surface area contributed by atoms with Crippen LogP contribution in [0.1, 0.15) is 0 Å². The number of aromatic nitrogens is 2. The predicted molar refractivity (Wildman–Crippen MR) is 60.1 cm³/mol. The molecule has 0 bridgehead atoms. The molecule has 0 spiro atoms. The summed E-state index contributed by atoms with van der Waals surface area (Å²) >= 11 is 0. The van der Waals surface area contributed by atoms with Crippen molar-refractivity contribution >= 4 is 11.0 Å². The van der Waals surface area contributed by atoms with Crippen molar-refractivity contribution in [1.82, 2.24) is 9.97 Å². The molecule has 3 rings (SSSR count). The van der Waals surface area contributed by atoms with Gasteiger partial charge in [0.05, 0.1) is 5.69 Å². The second-order valence-corrected chi connectivity index (χ2v) is 3.43. The normalized spacial score (nSPS) is 10.8. The van der Waals surface area contributed by atoms with Gasteiger partial charge in [0.2, 0.25) is 0 Å². The van der Waals surface area contributed by atoms with E-state index in [2.05, 4.69) is 9.97 Å². The zero-order valence-corrected chi connectivity index (χ0v) is 8.31. The van der Waals surface area contributed by atoms with Gasteiger partial charge >= 0.3 is 5.69 Å². The van der Waals surface area contributed by atoms with Gasteiger partial charge in [0, 0.05) is 17.1 Å². The number of furan rings is 1. The van der Waals surface area contributed by atoms with Crippen LogP contribution in [0.4, 0.5) is 0 Å². The topological polar surface area (TPSA) is 58.9 Å². The first-order valence-electron chi connectivity index (χ1n) is 4.86. The molecule has 1 aromatic carbocycles. The highest BCUT2D eigenvalue weighted by Crippen LogP contribution is 2.28. The van der Waals surface area contributed by atoms with Crippen molar-refractivity contribution in [3.8, 4) is 11.3 Å². The van der Waals surface area contributed by atoms with Crippen LogP contribution in [0.2, 0.25) is 0 Å². The van der Waals surface area contributed by atoms with E-state index in [1.54, 1.807) is 12.3 Å². The molecule has 78 valence electrons. The van der Waals surface area contributed by atoms with Gasteiger partial charge in [0.1, 0.15) is 11.8 Å². The summed E-state index contributed by atoms with van der Waals surface area (Å²) in [5.41, 5.74) is 2.03. The number of aromatic amines is 1. The van der Waals surface area contributed by atoms with Crippen LogP contribution in [0.25, 0.3) is 22.2 Å². The van der Waals surface area contributed by atoms with Crippen LogP contribution < -0.4 is 5.69 Å². The summed E-state index contributed by atoms with van der Waals surface area (Å²) < 4.78 is 5.40. The van der Waals surface area contributed by atoms with Crippen molar-refractivity contribution in [2.75, 3.05) is 0 Å². The average Bonchev–Trinajstić information content (AvgIpc) is 2.72. The maximum absolute atomic E-state index is 11.1. The Balaban J connectivity index is 2.30. The van der Waals surface area contributed by atoms with Crippen LogP contribution in [0, 0.1) is 0 Å². The Labute approximate surface area is 90.6 Å². The number of H-pyrrole nitrogens is 1. The summed E-state index contributed by atoms with van der Waals surface area (Å²) in [5, 5.41) is 0.976. The number of nitrogens with zero attached hydrogens (tertiary/aromatic N) is 1. The fourth-order valence-electron chi connectivity index (χ4n) is 1.71. The first kappa shape index (κ1) is 8.91. The molecule has 16 heavy (non-hydrogen) atoms. The van der Waals surface area contributed by atoms with Crippen molar-refractivity contribution < 1.29 is 4.42 Å². The highest BCUT2D eigenvalue weighted by atomic mass is 16.3. The smallest absolute Gasteiger partial charge is 0.345 e. The van der Waals surface area contributed by atoms with E-state index in [-0.39, 0.29) is 5.69 Å². The number of benzene rings is 1. The minimum Gasteiger partial charge on any atom is -0.464 e. The van der Waals surface area contributed by atoms with Crippen molar-refractivity contribution in [1.29, 1.82) is 0 Å². The van der Waals surface area contributed by atoms with Crippen molar-refractivity contribution in [3.63, 3.8) is 0 Å². The summed E-state index contributed by atoms with van der Waals surface area (Å²) in [6, 6.07) is 9.43. The molecule has 0 aliphatic heterocycles. The number of hydrogen-bond donors (Lipinski definition) is 1. The fraction of sp³-hybridized carbons (Fsp3) is 0. The maximum atomic E-state index is 11.1. The lowest BCUT2D eigenvalue weighted by molar-refractivity contribution is 0.616. The summed E-state index contributed by atoms with van der Waals surface area (Å²) in [5.74, 6) is 0. The van der Waals surface area contributed by atoms with Crippen LogP contribution in [0.15, 0.2) is 52.0 Å². The molecular formula is C12H8N2O2. The lowest BCUT2D eigenvalue weighted by Gasteiger charge is -1.96. The van der Waals surface area contributed by atoms with Gasteiger partial charge in [-0.3, -0.25) is 0 Å². The molecular weight excluding hydrogens is 204 g/mol. The molecule has 4 heteroatoms. The van der Waals surface area contributed by atoms with Gasteiger partial charge in [-0.25, -0.2) is 9.78 Å². The first-order chi connectivity index (χ1) is 7.84. The molecule has 0 unspecified atom stereocenters. The molecule has 0 saturated carbocycles. The van der Waals surface area contributed by atoms with Gasteiger partial charge in [-0.05, 0) is 12.1 Å². The lowest BCUT2D eigenvalue weighted by Crippen LogP contribution is -2.08. The van der Waals surface area contributed by atoms with Gasteiger partial charge in [-0.1, -0.05) is 18.2 Å². The monoisotopic (exact) mass is 212 g/mol. The third-order valence-corrected chi connectivity index (χ3v) is 2.45. The third kappa shape index (κ3) is 1.32. The second kappa shape index (κ2) is 3.34. The molecule has 0 radical (unpaired) electrons. The Hall–Kier alpha value is -2.36. The first-order valence-corrected chi connectivity index (χ1v) is 4.86. The summed E-state index contributed by atoms with van der Waals surface area (Å²) in [6.45, 7) is 0. The highest BCUT2D eigenvalue weighted by Gasteiger charge is 2.07. The molecule has 1 N–H and O–H groups in total. The van der Waals surface area contributed by atoms with Crippen LogP contribution in [0.5, 0.6) is 0 Å². The number of nitrogens with one attached hydrogen (secondary N) is 1. The summed E-state index contributed by atoms with van der Waals surface area (Å²) in [7, 11) is 0. The molecule has 0 saturated heterocycles. The molecule has 3 aromatic rings. The fourth-order valence-corrected chi connectivity index (χ4v) is 1.71. The van der Waals surface area contributed by atoms with Crippen LogP contribution in [-0.2, 0) is 0 Å². The van der Waals surface area contributed by atoms with Crippen LogP contribution >= 0.6 is 0 Å². The van der Waals surface area contributed by atoms with E-state index in [0.717, 1.165) is 16.5 Å². The lowest BCUT2D eigenvalue weighted by atomic mass is 10.1. The Morgan fingerprint density at radius 3 is 2.94 bits per heavy atom. The minimum absolute atomic E-state index is 0.359. The van der Waals surface area contributed by atoms with Gasteiger partial charge < -0.3 is 9.40 Å². The molecule has 0 fully saturated rings. The minimum atomic E-state index is -0.359. The number of para-hydroxylation sites is 1. The molecule has 2 aromatic heterocycles. The molecule has 0 aliphatic carbocycles. The van der Waals surface area contributed by atoms with E-state index >= 15 is 0 Å². The van der Waals surface area contributed by atoms with Crippen molar-refractivity contribution in [2.24, 2.45) is 0 Å². The van der Waals surface area contributed by atoms with Gasteiger partial charge in [-0.15, -0.1) is 0 Å². The zero-order valence-electron chi connectivity index (χ0n) is 8.31. The van der Waals surface area contributed by atoms with Crippen molar-refractivity contribution in [2.45, 2.75) is 0 Å². The molecule has 0 aliphatic rings. The van der Waals surface area contributed by atoms with Crippen LogP contribution in [0.3, 0.4) is 0 Å². The zero-order chi connectivity index (χ0) is 11.0. The standard InChI is InChI=1S/C12H8N2O2/c15-12-13-6-5-10(14-12)9-7-16-11-4-2-1-3-8(9)11/h1-7H,(H,13,14,15). The van der Waals surface area contributed by atoms with E-state index in [9.17, 15) is 4.79 Å². The number of rotatable bonds is 1. The van der Waals surface area contributed by atoms with E-state index in [1.165, 1.54) is 6.20 Å². The second-order valence-electron chi connectivity index (χ2n) is 3.43.